The molecule has 0 N–H and O–H groups in total. The average Bonchev–Trinajstić information content (AvgIpc) is 2.78. The van der Waals surface area contributed by atoms with E-state index < -0.39 is 0 Å². The maximum Gasteiger partial charge on any atom is 0.159 e. The normalized spacial score (nSPS) is 10.8. The number of nitrogens with zero attached hydrogens (tertiary/aromatic N) is 2. The summed E-state index contributed by atoms with van der Waals surface area (Å²) in [7, 11) is 0. The first-order chi connectivity index (χ1) is 14.3. The Balaban J connectivity index is 1.52. The number of hydrogen-bond donors (Lipinski definition) is 0. The van der Waals surface area contributed by atoms with Gasteiger partial charge in [0.1, 0.15) is 12.4 Å². The number of ether oxygens (including phenoxy) is 1. The predicted molar refractivity (Wildman–Crippen MR) is 120 cm³/mol. The third-order valence-electron chi connectivity index (χ3n) is 5.13. The van der Waals surface area contributed by atoms with Crippen LogP contribution in [0.5, 0.6) is 5.75 Å². The topological polar surface area (TPSA) is 35.0 Å². The van der Waals surface area contributed by atoms with Gasteiger partial charge in [0.2, 0.25) is 0 Å². The second-order valence-corrected chi connectivity index (χ2v) is 7.61. The molecule has 3 nitrogen and oxygen atoms in total. The van der Waals surface area contributed by atoms with Crippen molar-refractivity contribution in [2.24, 2.45) is 0 Å². The highest BCUT2D eigenvalue weighted by Gasteiger charge is 2.03. The predicted octanol–water partition coefficient (Wildman–Crippen LogP) is 6.80. The van der Waals surface area contributed by atoms with Gasteiger partial charge in [-0.3, -0.25) is 0 Å². The highest BCUT2D eigenvalue weighted by Crippen LogP contribution is 2.20. The van der Waals surface area contributed by atoms with Crippen LogP contribution in [0.4, 0.5) is 0 Å². The number of benzene rings is 2. The second kappa shape index (κ2) is 11.4. The van der Waals surface area contributed by atoms with Crippen LogP contribution in [0.25, 0.3) is 11.4 Å². The van der Waals surface area contributed by atoms with Gasteiger partial charge in [0.25, 0.3) is 0 Å². The molecular formula is C26H32N2O. The molecule has 0 radical (unpaired) electrons. The first kappa shape index (κ1) is 21.0. The summed E-state index contributed by atoms with van der Waals surface area (Å²) in [6.07, 6.45) is 12.3. The fourth-order valence-electron chi connectivity index (χ4n) is 3.26. The van der Waals surface area contributed by atoms with Gasteiger partial charge in [-0.25, -0.2) is 9.97 Å². The molecule has 152 valence electrons. The number of aromatic nitrogens is 2. The van der Waals surface area contributed by atoms with E-state index in [0.717, 1.165) is 30.0 Å². The lowest BCUT2D eigenvalue weighted by atomic mass is 10.1. The van der Waals surface area contributed by atoms with Gasteiger partial charge in [0, 0.05) is 18.0 Å². The Morgan fingerprint density at radius 2 is 1.28 bits per heavy atom. The summed E-state index contributed by atoms with van der Waals surface area (Å²) < 4.78 is 5.94. The first-order valence-electron chi connectivity index (χ1n) is 10.9. The third kappa shape index (κ3) is 6.70. The number of hydrogen-bond acceptors (Lipinski definition) is 3. The molecule has 1 heterocycles. The van der Waals surface area contributed by atoms with E-state index >= 15 is 0 Å². The summed E-state index contributed by atoms with van der Waals surface area (Å²) in [5, 5.41) is 0. The third-order valence-corrected chi connectivity index (χ3v) is 5.13. The summed E-state index contributed by atoms with van der Waals surface area (Å²) in [5.74, 6) is 1.62. The highest BCUT2D eigenvalue weighted by molar-refractivity contribution is 5.55. The molecule has 0 aliphatic carbocycles. The summed E-state index contributed by atoms with van der Waals surface area (Å²) >= 11 is 0. The molecule has 0 bridgehead atoms. The Hall–Kier alpha value is -2.68. The zero-order valence-corrected chi connectivity index (χ0v) is 17.7. The van der Waals surface area contributed by atoms with Gasteiger partial charge in [0.15, 0.2) is 5.82 Å². The van der Waals surface area contributed by atoms with Crippen LogP contribution in [0.3, 0.4) is 0 Å². The number of rotatable bonds is 11. The van der Waals surface area contributed by atoms with Gasteiger partial charge in [0.05, 0.1) is 0 Å². The molecule has 29 heavy (non-hydrogen) atoms. The van der Waals surface area contributed by atoms with Gasteiger partial charge in [-0.2, -0.15) is 0 Å². The molecule has 0 aliphatic heterocycles. The summed E-state index contributed by atoms with van der Waals surface area (Å²) in [6, 6.07) is 16.8. The molecule has 0 aliphatic rings. The molecule has 0 saturated carbocycles. The molecule has 2 aromatic carbocycles. The number of unbranched alkanes of at least 4 members (excludes halogenated alkanes) is 3. The standard InChI is InChI=1S/C26H32N2O/c1-3-5-7-9-23-18-27-26(28-19-23)24-14-16-25(17-15-24)29-20-22-12-10-21(11-13-22)8-6-4-2/h10-19H,3-9,20H2,1-2H3. The van der Waals surface area contributed by atoms with Gasteiger partial charge < -0.3 is 4.74 Å². The minimum absolute atomic E-state index is 0.580. The molecule has 0 spiro atoms. The maximum absolute atomic E-state index is 5.94. The molecule has 0 amide bonds. The molecule has 0 unspecified atom stereocenters. The van der Waals surface area contributed by atoms with Gasteiger partial charge in [-0.05, 0) is 66.6 Å². The lowest BCUT2D eigenvalue weighted by Gasteiger charge is -2.08. The van der Waals surface area contributed by atoms with Crippen molar-refractivity contribution in [2.75, 3.05) is 0 Å². The van der Waals surface area contributed by atoms with Gasteiger partial charge in [-0.1, -0.05) is 57.4 Å². The Kier molecular flexibility index (Phi) is 8.24. The Morgan fingerprint density at radius 3 is 1.93 bits per heavy atom. The molecular weight excluding hydrogens is 356 g/mol. The molecule has 0 saturated heterocycles. The van der Waals surface area contributed by atoms with E-state index in [0.29, 0.717) is 6.61 Å². The maximum atomic E-state index is 5.94. The molecule has 1 aromatic heterocycles. The van der Waals surface area contributed by atoms with Crippen LogP contribution in [0.1, 0.15) is 62.6 Å². The summed E-state index contributed by atoms with van der Waals surface area (Å²) in [5.41, 5.74) is 4.81. The quantitative estimate of drug-likeness (QED) is 0.339. The van der Waals surface area contributed by atoms with Crippen molar-refractivity contribution in [1.29, 1.82) is 0 Å². The molecule has 3 rings (SSSR count). The monoisotopic (exact) mass is 388 g/mol. The summed E-state index contributed by atoms with van der Waals surface area (Å²) in [4.78, 5) is 9.06. The van der Waals surface area contributed by atoms with Crippen molar-refractivity contribution < 1.29 is 4.74 Å². The van der Waals surface area contributed by atoms with E-state index in [1.54, 1.807) is 0 Å². The van der Waals surface area contributed by atoms with Crippen molar-refractivity contribution in [3.63, 3.8) is 0 Å². The molecule has 0 atom stereocenters. The largest absolute Gasteiger partial charge is 0.489 e. The van der Waals surface area contributed by atoms with Gasteiger partial charge >= 0.3 is 0 Å². The van der Waals surface area contributed by atoms with E-state index in [-0.39, 0.29) is 0 Å². The number of aryl methyl sites for hydroxylation is 2. The van der Waals surface area contributed by atoms with Crippen LogP contribution in [0.15, 0.2) is 60.9 Å². The zero-order chi connectivity index (χ0) is 20.3. The highest BCUT2D eigenvalue weighted by atomic mass is 16.5. The van der Waals surface area contributed by atoms with Crippen molar-refractivity contribution in [1.82, 2.24) is 9.97 Å². The fourth-order valence-corrected chi connectivity index (χ4v) is 3.26. The van der Waals surface area contributed by atoms with E-state index in [1.807, 2.05) is 36.7 Å². The van der Waals surface area contributed by atoms with E-state index in [4.69, 9.17) is 4.74 Å². The average molecular weight is 389 g/mol. The summed E-state index contributed by atoms with van der Waals surface area (Å²) in [6.45, 7) is 5.02. The van der Waals surface area contributed by atoms with Crippen molar-refractivity contribution in [3.8, 4) is 17.1 Å². The van der Waals surface area contributed by atoms with Crippen LogP contribution in [0.2, 0.25) is 0 Å². The van der Waals surface area contributed by atoms with Crippen LogP contribution in [-0.2, 0) is 19.4 Å². The zero-order valence-electron chi connectivity index (χ0n) is 17.7. The van der Waals surface area contributed by atoms with Crippen LogP contribution in [0, 0.1) is 0 Å². The van der Waals surface area contributed by atoms with Crippen molar-refractivity contribution >= 4 is 0 Å². The minimum atomic E-state index is 0.580. The Labute approximate surface area is 175 Å². The minimum Gasteiger partial charge on any atom is -0.489 e. The van der Waals surface area contributed by atoms with E-state index in [1.165, 1.54) is 48.8 Å². The van der Waals surface area contributed by atoms with Crippen LogP contribution < -0.4 is 4.74 Å². The fraction of sp³-hybridized carbons (Fsp3) is 0.385. The van der Waals surface area contributed by atoms with E-state index in [9.17, 15) is 0 Å². The van der Waals surface area contributed by atoms with Crippen LogP contribution >= 0.6 is 0 Å². The van der Waals surface area contributed by atoms with Gasteiger partial charge in [-0.15, -0.1) is 0 Å². The molecule has 3 aromatic rings. The lowest BCUT2D eigenvalue weighted by Crippen LogP contribution is -1.96. The van der Waals surface area contributed by atoms with Crippen LogP contribution in [-0.4, -0.2) is 9.97 Å². The van der Waals surface area contributed by atoms with Crippen molar-refractivity contribution in [2.45, 2.75) is 65.4 Å². The van der Waals surface area contributed by atoms with Crippen molar-refractivity contribution in [3.05, 3.63) is 77.6 Å². The SMILES string of the molecule is CCCCCc1cnc(-c2ccc(OCc3ccc(CCCC)cc3)cc2)nc1. The lowest BCUT2D eigenvalue weighted by molar-refractivity contribution is 0.306. The second-order valence-electron chi connectivity index (χ2n) is 7.61. The first-order valence-corrected chi connectivity index (χ1v) is 10.9. The molecule has 0 fully saturated rings. The Bertz CT molecular complexity index is 839. The van der Waals surface area contributed by atoms with E-state index in [2.05, 4.69) is 48.1 Å². The smallest absolute Gasteiger partial charge is 0.159 e. The molecule has 3 heteroatoms. The Morgan fingerprint density at radius 1 is 0.655 bits per heavy atom.